The molecule has 0 aromatic heterocycles. The van der Waals surface area contributed by atoms with E-state index in [4.69, 9.17) is 23.7 Å². The summed E-state index contributed by atoms with van der Waals surface area (Å²) >= 11 is 0. The number of hydrogen-bond donors (Lipinski definition) is 1. The molecule has 0 aliphatic carbocycles. The molecule has 33 heavy (non-hydrogen) atoms. The first kappa shape index (κ1) is 25.6. The van der Waals surface area contributed by atoms with Crippen LogP contribution in [0.1, 0.15) is 71.1 Å². The fraction of sp³-hybridized carbons (Fsp3) is 0.680. The number of benzene rings is 1. The number of nitrogens with one attached hydrogen (secondary N) is 1. The third-order valence-corrected chi connectivity index (χ3v) is 5.86. The fourth-order valence-electron chi connectivity index (χ4n) is 4.30. The molecule has 2 aliphatic heterocycles. The number of ether oxygens (including phenoxy) is 5. The predicted octanol–water partition coefficient (Wildman–Crippen LogP) is 3.64. The highest BCUT2D eigenvalue weighted by atomic mass is 16.8. The number of rotatable bonds is 11. The van der Waals surface area contributed by atoms with Crippen molar-refractivity contribution in [3.8, 4) is 0 Å². The van der Waals surface area contributed by atoms with Crippen LogP contribution in [0.25, 0.3) is 0 Å². The molecule has 2 fully saturated rings. The number of unbranched alkanes of at least 4 members (excludes halogenated alkanes) is 5. The van der Waals surface area contributed by atoms with Gasteiger partial charge in [0.25, 0.3) is 0 Å². The maximum Gasteiger partial charge on any atom is 0.303 e. The first-order chi connectivity index (χ1) is 16.0. The minimum atomic E-state index is -0.769. The molecular formula is C25H37NO7. The Morgan fingerprint density at radius 1 is 1.03 bits per heavy atom. The van der Waals surface area contributed by atoms with Gasteiger partial charge in [-0.25, -0.2) is 0 Å². The molecule has 6 atom stereocenters. The van der Waals surface area contributed by atoms with Crippen molar-refractivity contribution in [3.63, 3.8) is 0 Å². The molecule has 1 amide bonds. The van der Waals surface area contributed by atoms with Gasteiger partial charge in [-0.2, -0.15) is 0 Å². The number of carbonyl (C=O) groups excluding carboxylic acids is 2. The summed E-state index contributed by atoms with van der Waals surface area (Å²) in [6.45, 7) is 5.70. The van der Waals surface area contributed by atoms with Gasteiger partial charge in [-0.3, -0.25) is 9.59 Å². The van der Waals surface area contributed by atoms with Crippen molar-refractivity contribution < 1.29 is 33.3 Å². The monoisotopic (exact) mass is 463 g/mol. The fourth-order valence-corrected chi connectivity index (χ4v) is 4.30. The third kappa shape index (κ3) is 7.50. The highest BCUT2D eigenvalue weighted by molar-refractivity contribution is 5.73. The largest absolute Gasteiger partial charge is 0.457 e. The zero-order valence-corrected chi connectivity index (χ0v) is 19.9. The Labute approximate surface area is 196 Å². The summed E-state index contributed by atoms with van der Waals surface area (Å²) in [5, 5.41) is 2.86. The Balaban J connectivity index is 1.69. The van der Waals surface area contributed by atoms with Gasteiger partial charge in [0.1, 0.15) is 18.2 Å². The van der Waals surface area contributed by atoms with Crippen molar-refractivity contribution in [3.05, 3.63) is 35.9 Å². The SMILES string of the molecule is CCCCCCCCO[C@@H]1O[C@@H]2CO[C@@H](c3ccccc3)O[C@H]2[C@H](OC(C)=O)[C@H]1NC(C)=O. The van der Waals surface area contributed by atoms with Crippen molar-refractivity contribution in [2.45, 2.75) is 96.2 Å². The van der Waals surface area contributed by atoms with Crippen LogP contribution in [0.2, 0.25) is 0 Å². The third-order valence-electron chi connectivity index (χ3n) is 5.86. The molecule has 184 valence electrons. The van der Waals surface area contributed by atoms with Gasteiger partial charge in [-0.15, -0.1) is 0 Å². The van der Waals surface area contributed by atoms with Gasteiger partial charge in [-0.1, -0.05) is 69.4 Å². The first-order valence-electron chi connectivity index (χ1n) is 12.0. The number of hydrogen-bond acceptors (Lipinski definition) is 7. The summed E-state index contributed by atoms with van der Waals surface area (Å²) in [4.78, 5) is 23.9. The van der Waals surface area contributed by atoms with Crippen molar-refractivity contribution in [2.75, 3.05) is 13.2 Å². The van der Waals surface area contributed by atoms with Crippen LogP contribution in [0, 0.1) is 0 Å². The van der Waals surface area contributed by atoms with Crippen LogP contribution in [-0.2, 0) is 33.3 Å². The lowest BCUT2D eigenvalue weighted by Gasteiger charge is -2.48. The Hall–Kier alpha value is -2.00. The molecule has 0 radical (unpaired) electrons. The van der Waals surface area contributed by atoms with Gasteiger partial charge < -0.3 is 29.0 Å². The molecule has 3 rings (SSSR count). The van der Waals surface area contributed by atoms with Gasteiger partial charge in [-0.05, 0) is 6.42 Å². The molecule has 8 nitrogen and oxygen atoms in total. The predicted molar refractivity (Wildman–Crippen MR) is 121 cm³/mol. The number of fused-ring (bicyclic) bond motifs is 1. The smallest absolute Gasteiger partial charge is 0.303 e. The van der Waals surface area contributed by atoms with Gasteiger partial charge >= 0.3 is 5.97 Å². The van der Waals surface area contributed by atoms with E-state index in [0.717, 1.165) is 18.4 Å². The highest BCUT2D eigenvalue weighted by Crippen LogP contribution is 2.35. The molecular weight excluding hydrogens is 426 g/mol. The van der Waals surface area contributed by atoms with Crippen molar-refractivity contribution in [1.82, 2.24) is 5.32 Å². The van der Waals surface area contributed by atoms with Crippen molar-refractivity contribution >= 4 is 11.9 Å². The molecule has 1 aromatic carbocycles. The van der Waals surface area contributed by atoms with E-state index in [1.165, 1.54) is 39.5 Å². The van der Waals surface area contributed by atoms with Crippen LogP contribution in [0.5, 0.6) is 0 Å². The summed E-state index contributed by atoms with van der Waals surface area (Å²) in [6.07, 6.45) is 3.55. The van der Waals surface area contributed by atoms with Crippen LogP contribution in [-0.4, -0.2) is 55.7 Å². The maximum atomic E-state index is 12.0. The molecule has 2 saturated heterocycles. The summed E-state index contributed by atoms with van der Waals surface area (Å²) in [5.74, 6) is -0.726. The Morgan fingerprint density at radius 2 is 1.76 bits per heavy atom. The summed E-state index contributed by atoms with van der Waals surface area (Å²) in [7, 11) is 0. The maximum absolute atomic E-state index is 12.0. The van der Waals surface area contributed by atoms with Gasteiger partial charge in [0, 0.05) is 26.0 Å². The minimum absolute atomic E-state index is 0.256. The van der Waals surface area contributed by atoms with Gasteiger partial charge in [0.05, 0.1) is 6.61 Å². The topological polar surface area (TPSA) is 92.3 Å². The quantitative estimate of drug-likeness (QED) is 0.396. The zero-order valence-electron chi connectivity index (χ0n) is 19.9. The molecule has 0 saturated carbocycles. The number of amides is 1. The second kappa shape index (κ2) is 13.0. The number of carbonyl (C=O) groups is 2. The van der Waals surface area contributed by atoms with E-state index in [-0.39, 0.29) is 12.5 Å². The summed E-state index contributed by atoms with van der Waals surface area (Å²) in [6, 6.07) is 8.85. The highest BCUT2D eigenvalue weighted by Gasteiger charge is 2.52. The summed E-state index contributed by atoms with van der Waals surface area (Å²) in [5.41, 5.74) is 0.857. The van der Waals surface area contributed by atoms with Crippen LogP contribution in [0.15, 0.2) is 30.3 Å². The van der Waals surface area contributed by atoms with Crippen LogP contribution in [0.3, 0.4) is 0 Å². The normalized spacial score (nSPS) is 29.2. The van der Waals surface area contributed by atoms with Crippen molar-refractivity contribution in [2.24, 2.45) is 0 Å². The van der Waals surface area contributed by atoms with E-state index in [1.54, 1.807) is 0 Å². The average molecular weight is 464 g/mol. The van der Waals surface area contributed by atoms with Gasteiger partial charge in [0.15, 0.2) is 18.7 Å². The lowest BCUT2D eigenvalue weighted by molar-refractivity contribution is -0.344. The molecule has 0 bridgehead atoms. The van der Waals surface area contributed by atoms with Crippen molar-refractivity contribution in [1.29, 1.82) is 0 Å². The number of esters is 1. The van der Waals surface area contributed by atoms with E-state index in [0.29, 0.717) is 6.61 Å². The average Bonchev–Trinajstić information content (AvgIpc) is 2.80. The van der Waals surface area contributed by atoms with E-state index >= 15 is 0 Å². The Morgan fingerprint density at radius 3 is 2.45 bits per heavy atom. The lowest BCUT2D eigenvalue weighted by atomic mass is 9.95. The van der Waals surface area contributed by atoms with E-state index < -0.39 is 42.9 Å². The second-order valence-electron chi connectivity index (χ2n) is 8.66. The summed E-state index contributed by atoms with van der Waals surface area (Å²) < 4.78 is 30.0. The Bertz CT molecular complexity index is 744. The van der Waals surface area contributed by atoms with E-state index in [2.05, 4.69) is 12.2 Å². The molecule has 1 aromatic rings. The Kier molecular flexibility index (Phi) is 10.1. The zero-order chi connectivity index (χ0) is 23.6. The standard InChI is InChI=1S/C25H37NO7/c1-4-5-6-7-8-12-15-29-25-21(26-17(2)27)23(31-18(3)28)22-20(32-25)16-30-24(33-22)19-13-10-9-11-14-19/h9-11,13-14,20-25H,4-8,12,15-16H2,1-3H3,(H,26,27)/t20-,21-,22-,23-,24-,25-/m1/s1. The molecule has 1 N–H and O–H groups in total. The minimum Gasteiger partial charge on any atom is -0.457 e. The van der Waals surface area contributed by atoms with Crippen LogP contribution >= 0.6 is 0 Å². The lowest BCUT2D eigenvalue weighted by Crippen LogP contribution is -2.67. The molecule has 0 unspecified atom stereocenters. The van der Waals surface area contributed by atoms with E-state index in [1.807, 2.05) is 30.3 Å². The molecule has 8 heteroatoms. The molecule has 2 aliphatic rings. The first-order valence-corrected chi connectivity index (χ1v) is 12.0. The second-order valence-corrected chi connectivity index (χ2v) is 8.66. The van der Waals surface area contributed by atoms with E-state index in [9.17, 15) is 9.59 Å². The molecule has 2 heterocycles. The van der Waals surface area contributed by atoms with Gasteiger partial charge in [0.2, 0.25) is 5.91 Å². The van der Waals surface area contributed by atoms with Crippen LogP contribution in [0.4, 0.5) is 0 Å². The van der Waals surface area contributed by atoms with Crippen LogP contribution < -0.4 is 5.32 Å². The molecule has 0 spiro atoms.